The number of hydrogen-bond acceptors (Lipinski definition) is 3. The molecule has 5 rings (SSSR count). The number of H-pyrrole nitrogens is 1. The van der Waals surface area contributed by atoms with Crippen molar-refractivity contribution < 1.29 is 11.0 Å². The third-order valence-corrected chi connectivity index (χ3v) is 5.02. The summed E-state index contributed by atoms with van der Waals surface area (Å²) in [5, 5.41) is 4.19. The summed E-state index contributed by atoms with van der Waals surface area (Å²) < 4.78 is 8.57. The highest BCUT2D eigenvalue weighted by atomic mass is 16.6. The van der Waals surface area contributed by atoms with Gasteiger partial charge in [-0.2, -0.15) is 0 Å². The molecule has 2 aliphatic rings. The molecule has 1 saturated heterocycles. The second-order valence-electron chi connectivity index (χ2n) is 6.51. The van der Waals surface area contributed by atoms with Crippen LogP contribution in [-0.4, -0.2) is 17.4 Å². The molecule has 0 saturated carbocycles. The summed E-state index contributed by atoms with van der Waals surface area (Å²) in [4.78, 5) is 21.0. The van der Waals surface area contributed by atoms with Crippen LogP contribution < -0.4 is 10.8 Å². The summed E-state index contributed by atoms with van der Waals surface area (Å²) >= 11 is 0. The highest BCUT2D eigenvalue weighted by Crippen LogP contribution is 2.35. The molecule has 1 aromatic heterocycles. The first-order valence-electron chi connectivity index (χ1n) is 9.07. The number of benzene rings is 2. The summed E-state index contributed by atoms with van der Waals surface area (Å²) in [5.41, 5.74) is 7.95. The molecule has 1 fully saturated rings. The van der Waals surface area contributed by atoms with Gasteiger partial charge in [0.25, 0.3) is 5.91 Å². The normalized spacial score (nSPS) is 23.4. The third kappa shape index (κ3) is 2.35. The van der Waals surface area contributed by atoms with Crippen LogP contribution in [0.15, 0.2) is 42.5 Å². The van der Waals surface area contributed by atoms with Gasteiger partial charge in [-0.1, -0.05) is 30.3 Å². The van der Waals surface area contributed by atoms with E-state index in [9.17, 15) is 4.79 Å². The second-order valence-corrected chi connectivity index (χ2v) is 6.51. The van der Waals surface area contributed by atoms with Crippen molar-refractivity contribution >= 4 is 16.8 Å². The van der Waals surface area contributed by atoms with Gasteiger partial charge in [0.05, 0.1) is 12.6 Å². The lowest BCUT2D eigenvalue weighted by Gasteiger charge is -2.11. The average Bonchev–Trinajstić information content (AvgIpc) is 3.22. The maximum atomic E-state index is 12.2. The molecule has 5 heteroatoms. The van der Waals surface area contributed by atoms with Gasteiger partial charge in [0.15, 0.2) is 0 Å². The first-order valence-corrected chi connectivity index (χ1v) is 8.57. The molecule has 0 unspecified atom stereocenters. The smallest absolute Gasteiger partial charge is 0.275 e. The van der Waals surface area contributed by atoms with Crippen molar-refractivity contribution in [1.82, 2.24) is 15.8 Å². The largest absolute Gasteiger partial charge is 0.354 e. The fourth-order valence-electron chi connectivity index (χ4n) is 3.80. The molecular formula is C20H19N3O2. The zero-order valence-corrected chi connectivity index (χ0v) is 13.7. The average molecular weight is 334 g/mol. The van der Waals surface area contributed by atoms with Crippen molar-refractivity contribution in [3.8, 4) is 11.3 Å². The van der Waals surface area contributed by atoms with Gasteiger partial charge in [0.1, 0.15) is 6.61 Å². The van der Waals surface area contributed by atoms with Gasteiger partial charge >= 0.3 is 0 Å². The van der Waals surface area contributed by atoms with Crippen molar-refractivity contribution in [1.29, 1.82) is 0 Å². The van der Waals surface area contributed by atoms with E-state index in [0.717, 1.165) is 52.7 Å². The zero-order chi connectivity index (χ0) is 17.7. The maximum Gasteiger partial charge on any atom is 0.275 e. The fraction of sp³-hybridized carbons (Fsp3) is 0.250. The van der Waals surface area contributed by atoms with Gasteiger partial charge in [-0.15, -0.1) is 0 Å². The van der Waals surface area contributed by atoms with Crippen LogP contribution in [0.25, 0.3) is 22.2 Å². The van der Waals surface area contributed by atoms with Gasteiger partial charge in [-0.05, 0) is 42.6 Å². The third-order valence-electron chi connectivity index (χ3n) is 5.02. The minimum atomic E-state index is -0.683. The van der Waals surface area contributed by atoms with Crippen LogP contribution >= 0.6 is 0 Å². The second kappa shape index (κ2) is 5.72. The van der Waals surface area contributed by atoms with Crippen molar-refractivity contribution in [2.24, 2.45) is 0 Å². The molecule has 3 aromatic rings. The van der Waals surface area contributed by atoms with Crippen LogP contribution in [0.3, 0.4) is 0 Å². The number of amides is 1. The Hall–Kier alpha value is -2.63. The van der Waals surface area contributed by atoms with E-state index in [4.69, 9.17) is 6.21 Å². The van der Waals surface area contributed by atoms with Crippen LogP contribution in [0.1, 0.15) is 41.7 Å². The Labute approximate surface area is 146 Å². The van der Waals surface area contributed by atoms with Crippen molar-refractivity contribution in [3.63, 3.8) is 0 Å². The maximum absolute atomic E-state index is 12.2. The minimum Gasteiger partial charge on any atom is -0.354 e. The Morgan fingerprint density at radius 2 is 2.04 bits per heavy atom. The van der Waals surface area contributed by atoms with E-state index in [1.165, 1.54) is 0 Å². The van der Waals surface area contributed by atoms with Gasteiger partial charge in [-0.3, -0.25) is 9.63 Å². The molecule has 3 N–H and O–H groups in total. The van der Waals surface area contributed by atoms with Crippen molar-refractivity contribution in [2.45, 2.75) is 25.5 Å². The number of nitrogens with one attached hydrogen (secondary N) is 3. The van der Waals surface area contributed by atoms with Crippen LogP contribution in [0.2, 0.25) is 0 Å². The highest BCUT2D eigenvalue weighted by Gasteiger charge is 2.23. The molecule has 126 valence electrons. The lowest BCUT2D eigenvalue weighted by molar-refractivity contribution is 0.0256. The molecule has 0 radical (unpaired) electrons. The van der Waals surface area contributed by atoms with Gasteiger partial charge < -0.3 is 10.3 Å². The van der Waals surface area contributed by atoms with E-state index in [1.807, 2.05) is 42.5 Å². The number of carbonyl (C=O) groups excluding carboxylic acids is 1. The summed E-state index contributed by atoms with van der Waals surface area (Å²) in [6.07, 6.45) is 1.85. The van der Waals surface area contributed by atoms with Crippen LogP contribution in [0.5, 0.6) is 0 Å². The topological polar surface area (TPSA) is 66.1 Å². The lowest BCUT2D eigenvalue weighted by Crippen LogP contribution is -2.21. The van der Waals surface area contributed by atoms with Crippen LogP contribution in [0.4, 0.5) is 0 Å². The standard InChI is InChI=1S/C20H19N3O2/c24-20-14-3-1-4-17-18(14)15(11-25-23-20)19(22-17)13-8-6-12(7-9-13)16-5-2-10-21-16/h1,3-4,6-9,16,21-22H,2,5,10-11H2,(H,23,24)/t16-/m0/s1/i16D. The van der Waals surface area contributed by atoms with E-state index >= 15 is 0 Å². The molecular weight excluding hydrogens is 314 g/mol. The van der Waals surface area contributed by atoms with E-state index in [0.29, 0.717) is 12.2 Å². The predicted octanol–water partition coefficient (Wildman–Crippen LogP) is 3.43. The van der Waals surface area contributed by atoms with Gasteiger partial charge in [0, 0.05) is 22.5 Å². The summed E-state index contributed by atoms with van der Waals surface area (Å²) in [5.74, 6) is -0.223. The monoisotopic (exact) mass is 334 g/mol. The van der Waals surface area contributed by atoms with E-state index in [2.05, 4.69) is 15.8 Å². The van der Waals surface area contributed by atoms with Crippen molar-refractivity contribution in [3.05, 3.63) is 59.2 Å². The first kappa shape index (κ1) is 13.6. The number of hydroxylamine groups is 1. The first-order chi connectivity index (χ1) is 12.7. The van der Waals surface area contributed by atoms with Crippen LogP contribution in [-0.2, 0) is 11.4 Å². The van der Waals surface area contributed by atoms with Crippen LogP contribution in [0, 0.1) is 0 Å². The number of aromatic nitrogens is 1. The minimum absolute atomic E-state index is 0.223. The van der Waals surface area contributed by atoms with Gasteiger partial charge in [-0.25, -0.2) is 5.48 Å². The molecule has 2 aromatic carbocycles. The SMILES string of the molecule is [2H][C@@]1(c2ccc(-c3[nH]c4cccc5c4c3CONC5=O)cc2)CCCN1. The van der Waals surface area contributed by atoms with E-state index in [-0.39, 0.29) is 5.91 Å². The van der Waals surface area contributed by atoms with Gasteiger partial charge in [0.2, 0.25) is 0 Å². The Balaban J connectivity index is 1.62. The summed E-state index contributed by atoms with van der Waals surface area (Å²) in [7, 11) is 0. The summed E-state index contributed by atoms with van der Waals surface area (Å²) in [6.45, 7) is 1.20. The van der Waals surface area contributed by atoms with Crippen molar-refractivity contribution in [2.75, 3.05) is 6.54 Å². The Morgan fingerprint density at radius 1 is 1.16 bits per heavy atom. The molecule has 25 heavy (non-hydrogen) atoms. The molecule has 5 nitrogen and oxygen atoms in total. The quantitative estimate of drug-likeness (QED) is 0.673. The molecule has 3 heterocycles. The molecule has 1 amide bonds. The fourth-order valence-corrected chi connectivity index (χ4v) is 3.80. The Kier molecular flexibility index (Phi) is 3.12. The van der Waals surface area contributed by atoms with E-state index in [1.54, 1.807) is 0 Å². The molecule has 0 bridgehead atoms. The summed E-state index contributed by atoms with van der Waals surface area (Å²) in [6, 6.07) is 13.1. The molecule has 2 aliphatic heterocycles. The molecule has 1 atom stereocenters. The zero-order valence-electron chi connectivity index (χ0n) is 14.7. The number of carbonyl (C=O) groups is 1. The molecule has 0 spiro atoms. The highest BCUT2D eigenvalue weighted by molar-refractivity contribution is 6.09. The number of hydrogen-bond donors (Lipinski definition) is 3. The predicted molar refractivity (Wildman–Crippen MR) is 96.0 cm³/mol. The lowest BCUT2D eigenvalue weighted by atomic mass is 9.99. The number of aromatic amines is 1. The Morgan fingerprint density at radius 3 is 2.84 bits per heavy atom. The van der Waals surface area contributed by atoms with E-state index < -0.39 is 6.02 Å². The Bertz CT molecular complexity index is 1000. The number of rotatable bonds is 2. The molecule has 0 aliphatic carbocycles.